The van der Waals surface area contributed by atoms with Crippen LogP contribution in [0, 0.1) is 5.82 Å². The average Bonchev–Trinajstić information content (AvgIpc) is 3.24. The van der Waals surface area contributed by atoms with Gasteiger partial charge in [-0.3, -0.25) is 19.9 Å². The highest BCUT2D eigenvalue weighted by Crippen LogP contribution is 2.36. The summed E-state index contributed by atoms with van der Waals surface area (Å²) in [4.78, 5) is 26.0. The van der Waals surface area contributed by atoms with E-state index in [9.17, 15) is 27.6 Å². The molecule has 5 rings (SSSR count). The van der Waals surface area contributed by atoms with E-state index in [0.29, 0.717) is 5.69 Å². The maximum absolute atomic E-state index is 13.9. The second-order valence-corrected chi connectivity index (χ2v) is 10.5. The van der Waals surface area contributed by atoms with Gasteiger partial charge < -0.3 is 4.74 Å². The molecule has 3 N–H and O–H groups in total. The number of hydrogen-bond acceptors (Lipinski definition) is 6. The first-order chi connectivity index (χ1) is 18.3. The van der Waals surface area contributed by atoms with Gasteiger partial charge >= 0.3 is 0 Å². The Hall–Kier alpha value is -4.26. The van der Waals surface area contributed by atoms with Gasteiger partial charge in [-0.05, 0) is 42.0 Å². The van der Waals surface area contributed by atoms with E-state index in [-0.39, 0.29) is 41.5 Å². The minimum atomic E-state index is -4.43. The zero-order chi connectivity index (χ0) is 26.9. The summed E-state index contributed by atoms with van der Waals surface area (Å²) in [6, 6.07) is 18.4. The number of hydroxylamine groups is 1. The van der Waals surface area contributed by atoms with Crippen LogP contribution in [0.5, 0.6) is 11.5 Å². The van der Waals surface area contributed by atoms with Crippen LogP contribution in [0.4, 0.5) is 4.39 Å². The SMILES string of the molecule is O=C(NO)C1c2c([nH]n(Cc3ccccc3)c2=O)CCN1S(=O)(=O)c1ccccc1Oc1ccc(F)cc1. The Morgan fingerprint density at radius 1 is 1.05 bits per heavy atom. The first kappa shape index (κ1) is 25.4. The third kappa shape index (κ3) is 4.72. The van der Waals surface area contributed by atoms with Gasteiger partial charge in [0.15, 0.2) is 0 Å². The van der Waals surface area contributed by atoms with Crippen molar-refractivity contribution < 1.29 is 27.5 Å². The largest absolute Gasteiger partial charge is 0.456 e. The number of rotatable bonds is 7. The number of carbonyl (C=O) groups excluding carboxylic acids is 1. The molecule has 1 atom stereocenters. The van der Waals surface area contributed by atoms with E-state index in [0.717, 1.165) is 9.87 Å². The molecule has 1 aromatic heterocycles. The molecular formula is C26H23FN4O6S. The number of amides is 1. The number of aromatic nitrogens is 2. The van der Waals surface area contributed by atoms with Crippen molar-refractivity contribution in [3.63, 3.8) is 0 Å². The zero-order valence-electron chi connectivity index (χ0n) is 19.9. The Labute approximate surface area is 216 Å². The fourth-order valence-electron chi connectivity index (χ4n) is 4.48. The Bertz CT molecular complexity index is 1630. The van der Waals surface area contributed by atoms with E-state index in [4.69, 9.17) is 4.74 Å². The fourth-order valence-corrected chi connectivity index (χ4v) is 6.16. The molecule has 1 unspecified atom stereocenters. The first-order valence-corrected chi connectivity index (χ1v) is 13.1. The van der Waals surface area contributed by atoms with E-state index in [1.807, 2.05) is 30.3 Å². The van der Waals surface area contributed by atoms with Crippen LogP contribution >= 0.6 is 0 Å². The molecule has 1 aliphatic heterocycles. The van der Waals surface area contributed by atoms with Gasteiger partial charge in [0.05, 0.1) is 12.1 Å². The lowest BCUT2D eigenvalue weighted by Crippen LogP contribution is -2.48. The highest BCUT2D eigenvalue weighted by atomic mass is 32.2. The molecule has 1 amide bonds. The summed E-state index contributed by atoms with van der Waals surface area (Å²) < 4.78 is 49.0. The summed E-state index contributed by atoms with van der Waals surface area (Å²) in [5.41, 5.74) is 2.09. The van der Waals surface area contributed by atoms with Crippen molar-refractivity contribution >= 4 is 15.9 Å². The molecular weight excluding hydrogens is 515 g/mol. The van der Waals surface area contributed by atoms with Crippen LogP contribution in [-0.2, 0) is 27.8 Å². The summed E-state index contributed by atoms with van der Waals surface area (Å²) in [5.74, 6) is -1.41. The van der Waals surface area contributed by atoms with Crippen molar-refractivity contribution in [2.45, 2.75) is 23.9 Å². The normalized spacial score (nSPS) is 15.6. The molecule has 10 nitrogen and oxygen atoms in total. The Morgan fingerprint density at radius 3 is 2.45 bits per heavy atom. The number of carbonyl (C=O) groups is 1. The molecule has 12 heteroatoms. The van der Waals surface area contributed by atoms with Crippen LogP contribution in [0.1, 0.15) is 22.9 Å². The number of fused-ring (bicyclic) bond motifs is 1. The topological polar surface area (TPSA) is 134 Å². The monoisotopic (exact) mass is 538 g/mol. The summed E-state index contributed by atoms with van der Waals surface area (Å²) in [6.07, 6.45) is 0.127. The molecule has 0 saturated carbocycles. The predicted molar refractivity (Wildman–Crippen MR) is 134 cm³/mol. The number of ether oxygens (including phenoxy) is 1. The molecule has 0 bridgehead atoms. The van der Waals surface area contributed by atoms with E-state index < -0.39 is 33.3 Å². The van der Waals surface area contributed by atoms with Crippen LogP contribution in [0.3, 0.4) is 0 Å². The van der Waals surface area contributed by atoms with Crippen LogP contribution < -0.4 is 15.8 Å². The summed E-state index contributed by atoms with van der Waals surface area (Å²) in [7, 11) is -4.43. The maximum Gasteiger partial charge on any atom is 0.272 e. The van der Waals surface area contributed by atoms with Gasteiger partial charge in [0.1, 0.15) is 28.3 Å². The van der Waals surface area contributed by atoms with Crippen LogP contribution in [0.25, 0.3) is 0 Å². The molecule has 0 spiro atoms. The molecule has 0 saturated heterocycles. The standard InChI is InChI=1S/C26H23FN4O6S/c27-18-10-12-19(13-11-18)37-21-8-4-5-9-22(21)38(35,36)31-15-14-20-23(24(31)25(32)29-34)26(33)30(28-20)16-17-6-2-1-3-7-17/h1-13,24,28,34H,14-16H2,(H,29,32). The van der Waals surface area contributed by atoms with Gasteiger partial charge in [-0.25, -0.2) is 23.0 Å². The van der Waals surface area contributed by atoms with Crippen molar-refractivity contribution in [3.8, 4) is 11.5 Å². The molecule has 1 aliphatic rings. The highest BCUT2D eigenvalue weighted by molar-refractivity contribution is 7.89. The average molecular weight is 539 g/mol. The lowest BCUT2D eigenvalue weighted by molar-refractivity contribution is -0.133. The van der Waals surface area contributed by atoms with Gasteiger partial charge in [-0.1, -0.05) is 42.5 Å². The highest BCUT2D eigenvalue weighted by Gasteiger charge is 2.44. The lowest BCUT2D eigenvalue weighted by atomic mass is 10.0. The summed E-state index contributed by atoms with van der Waals surface area (Å²) in [6.45, 7) is 0.0326. The lowest BCUT2D eigenvalue weighted by Gasteiger charge is -2.32. The Morgan fingerprint density at radius 2 is 1.74 bits per heavy atom. The number of halogens is 1. The van der Waals surface area contributed by atoms with Crippen LogP contribution in [-0.4, -0.2) is 40.2 Å². The van der Waals surface area contributed by atoms with Gasteiger partial charge in [-0.2, -0.15) is 4.31 Å². The van der Waals surface area contributed by atoms with Crippen LogP contribution in [0.15, 0.2) is 88.6 Å². The predicted octanol–water partition coefficient (Wildman–Crippen LogP) is 2.95. The number of nitrogens with zero attached hydrogens (tertiary/aromatic N) is 2. The summed E-state index contributed by atoms with van der Waals surface area (Å²) >= 11 is 0. The van der Waals surface area contributed by atoms with Gasteiger partial charge in [0, 0.05) is 18.7 Å². The fraction of sp³-hybridized carbons (Fsp3) is 0.154. The van der Waals surface area contributed by atoms with Gasteiger partial charge in [0.2, 0.25) is 10.0 Å². The smallest absolute Gasteiger partial charge is 0.272 e. The second-order valence-electron chi connectivity index (χ2n) is 8.63. The van der Waals surface area contributed by atoms with Crippen molar-refractivity contribution in [3.05, 3.63) is 112 Å². The molecule has 196 valence electrons. The van der Waals surface area contributed by atoms with Crippen molar-refractivity contribution in [2.75, 3.05) is 6.54 Å². The molecule has 4 aromatic rings. The number of sulfonamides is 1. The minimum Gasteiger partial charge on any atom is -0.456 e. The van der Waals surface area contributed by atoms with Gasteiger partial charge in [-0.15, -0.1) is 0 Å². The number of hydrogen-bond donors (Lipinski definition) is 3. The third-order valence-electron chi connectivity index (χ3n) is 6.23. The van der Waals surface area contributed by atoms with Crippen molar-refractivity contribution in [1.82, 2.24) is 19.6 Å². The van der Waals surface area contributed by atoms with E-state index in [2.05, 4.69) is 5.10 Å². The zero-order valence-corrected chi connectivity index (χ0v) is 20.7. The molecule has 38 heavy (non-hydrogen) atoms. The molecule has 3 aromatic carbocycles. The van der Waals surface area contributed by atoms with Crippen molar-refractivity contribution in [2.24, 2.45) is 0 Å². The number of H-pyrrole nitrogens is 1. The number of benzene rings is 3. The Kier molecular flexibility index (Phi) is 6.85. The second kappa shape index (κ2) is 10.2. The molecule has 0 fully saturated rings. The molecule has 0 aliphatic carbocycles. The minimum absolute atomic E-state index is 0.0522. The van der Waals surface area contributed by atoms with E-state index in [1.54, 1.807) is 6.07 Å². The Balaban J connectivity index is 1.55. The summed E-state index contributed by atoms with van der Waals surface area (Å²) in [5, 5.41) is 12.5. The maximum atomic E-state index is 13.9. The molecule has 0 radical (unpaired) electrons. The van der Waals surface area contributed by atoms with E-state index in [1.165, 1.54) is 52.6 Å². The van der Waals surface area contributed by atoms with Crippen LogP contribution in [0.2, 0.25) is 0 Å². The third-order valence-corrected chi connectivity index (χ3v) is 8.14. The number of para-hydroxylation sites is 1. The quantitative estimate of drug-likeness (QED) is 0.245. The van der Waals surface area contributed by atoms with Gasteiger partial charge in [0.25, 0.3) is 11.5 Å². The van der Waals surface area contributed by atoms with E-state index >= 15 is 0 Å². The molecule has 2 heterocycles. The number of aromatic amines is 1. The van der Waals surface area contributed by atoms with Crippen molar-refractivity contribution in [1.29, 1.82) is 0 Å². The first-order valence-electron chi connectivity index (χ1n) is 11.6. The number of nitrogens with one attached hydrogen (secondary N) is 2.